The van der Waals surface area contributed by atoms with Crippen LogP contribution in [0.3, 0.4) is 0 Å². The Labute approximate surface area is 131 Å². The van der Waals surface area contributed by atoms with Crippen molar-refractivity contribution in [2.24, 2.45) is 0 Å². The molecule has 1 unspecified atom stereocenters. The Kier molecular flexibility index (Phi) is 8.94. The molecule has 1 aromatic rings. The van der Waals surface area contributed by atoms with E-state index in [1.54, 1.807) is 11.8 Å². The minimum absolute atomic E-state index is 0.00572. The maximum absolute atomic E-state index is 11.9. The van der Waals surface area contributed by atoms with Gasteiger partial charge < -0.3 is 15.7 Å². The van der Waals surface area contributed by atoms with Gasteiger partial charge in [0, 0.05) is 24.1 Å². The third kappa shape index (κ3) is 7.39. The molecule has 0 fully saturated rings. The smallest absolute Gasteiger partial charge is 0.319 e. The van der Waals surface area contributed by atoms with Crippen molar-refractivity contribution < 1.29 is 9.90 Å². The molecular formula is C16H26N2O2S. The van der Waals surface area contributed by atoms with Crippen molar-refractivity contribution in [1.29, 1.82) is 0 Å². The number of amides is 2. The summed E-state index contributed by atoms with van der Waals surface area (Å²) < 4.78 is 0. The Morgan fingerprint density at radius 1 is 1.33 bits per heavy atom. The van der Waals surface area contributed by atoms with Gasteiger partial charge in [0.05, 0.1) is 0 Å². The molecule has 0 spiro atoms. The fourth-order valence-corrected chi connectivity index (χ4v) is 2.69. The molecule has 4 nitrogen and oxygen atoms in total. The molecule has 0 aliphatic rings. The Hall–Kier alpha value is -1.20. The van der Waals surface area contributed by atoms with E-state index >= 15 is 0 Å². The van der Waals surface area contributed by atoms with Crippen molar-refractivity contribution in [2.75, 3.05) is 23.9 Å². The van der Waals surface area contributed by atoms with Crippen molar-refractivity contribution >= 4 is 23.5 Å². The number of urea groups is 1. The van der Waals surface area contributed by atoms with E-state index in [0.29, 0.717) is 6.42 Å². The van der Waals surface area contributed by atoms with Gasteiger partial charge >= 0.3 is 6.03 Å². The van der Waals surface area contributed by atoms with Gasteiger partial charge in [0.15, 0.2) is 0 Å². The standard InChI is InChI=1S/C16H26N2O2S/c1-3-4-5-13-6-8-14(9-7-13)17-16(20)18-15(10-11-19)12-21-2/h6-9,15,19H,3-5,10-12H2,1-2H3,(H2,17,18,20). The molecule has 0 saturated carbocycles. The van der Waals surface area contributed by atoms with Crippen molar-refractivity contribution in [3.05, 3.63) is 29.8 Å². The van der Waals surface area contributed by atoms with E-state index in [-0.39, 0.29) is 18.7 Å². The number of nitrogens with one attached hydrogen (secondary N) is 2. The first-order valence-electron chi connectivity index (χ1n) is 7.45. The van der Waals surface area contributed by atoms with Gasteiger partial charge in [-0.1, -0.05) is 25.5 Å². The van der Waals surface area contributed by atoms with Gasteiger partial charge in [-0.05, 0) is 43.2 Å². The predicted molar refractivity (Wildman–Crippen MR) is 91.1 cm³/mol. The zero-order valence-electron chi connectivity index (χ0n) is 12.9. The van der Waals surface area contributed by atoms with Crippen LogP contribution < -0.4 is 10.6 Å². The summed E-state index contributed by atoms with van der Waals surface area (Å²) in [5, 5.41) is 14.7. The Bertz CT molecular complexity index is 403. The normalized spacial score (nSPS) is 12.0. The molecular weight excluding hydrogens is 284 g/mol. The van der Waals surface area contributed by atoms with Crippen molar-refractivity contribution in [1.82, 2.24) is 5.32 Å². The average Bonchev–Trinajstić information content (AvgIpc) is 2.47. The number of aliphatic hydroxyl groups is 1. The molecule has 1 atom stereocenters. The molecule has 118 valence electrons. The van der Waals surface area contributed by atoms with E-state index in [1.165, 1.54) is 18.4 Å². The van der Waals surface area contributed by atoms with E-state index in [0.717, 1.165) is 17.9 Å². The molecule has 2 amide bonds. The summed E-state index contributed by atoms with van der Waals surface area (Å²) >= 11 is 1.65. The molecule has 3 N–H and O–H groups in total. The lowest BCUT2D eigenvalue weighted by atomic mass is 10.1. The number of thioether (sulfide) groups is 1. The van der Waals surface area contributed by atoms with Crippen LogP contribution in [0.1, 0.15) is 31.7 Å². The lowest BCUT2D eigenvalue weighted by Gasteiger charge is -2.17. The number of unbranched alkanes of at least 4 members (excludes halogenated alkanes) is 1. The lowest BCUT2D eigenvalue weighted by molar-refractivity contribution is 0.241. The summed E-state index contributed by atoms with van der Waals surface area (Å²) in [5.74, 6) is 0.796. The molecule has 21 heavy (non-hydrogen) atoms. The fraction of sp³-hybridized carbons (Fsp3) is 0.562. The van der Waals surface area contributed by atoms with E-state index < -0.39 is 0 Å². The predicted octanol–water partition coefficient (Wildman–Crippen LogP) is 3.26. The van der Waals surface area contributed by atoms with Crippen LogP contribution >= 0.6 is 11.8 Å². The monoisotopic (exact) mass is 310 g/mol. The van der Waals surface area contributed by atoms with Crippen LogP contribution in [0.25, 0.3) is 0 Å². The van der Waals surface area contributed by atoms with Gasteiger partial charge in [-0.2, -0.15) is 11.8 Å². The SMILES string of the molecule is CCCCc1ccc(NC(=O)NC(CCO)CSC)cc1. The van der Waals surface area contributed by atoms with E-state index in [9.17, 15) is 4.79 Å². The summed E-state index contributed by atoms with van der Waals surface area (Å²) in [4.78, 5) is 11.9. The van der Waals surface area contributed by atoms with Gasteiger partial charge in [-0.15, -0.1) is 0 Å². The summed E-state index contributed by atoms with van der Waals surface area (Å²) in [7, 11) is 0. The number of carbonyl (C=O) groups is 1. The highest BCUT2D eigenvalue weighted by atomic mass is 32.2. The third-order valence-electron chi connectivity index (χ3n) is 3.21. The number of carbonyl (C=O) groups excluding carboxylic acids is 1. The zero-order valence-corrected chi connectivity index (χ0v) is 13.7. The maximum Gasteiger partial charge on any atom is 0.319 e. The number of hydrogen-bond acceptors (Lipinski definition) is 3. The number of anilines is 1. The molecule has 1 rings (SSSR count). The molecule has 0 radical (unpaired) electrons. The van der Waals surface area contributed by atoms with Gasteiger partial charge in [-0.25, -0.2) is 4.79 Å². The summed E-state index contributed by atoms with van der Waals surface area (Å²) in [6.07, 6.45) is 6.01. The Morgan fingerprint density at radius 3 is 2.62 bits per heavy atom. The summed E-state index contributed by atoms with van der Waals surface area (Å²) in [6, 6.07) is 7.74. The molecule has 0 aliphatic heterocycles. The topological polar surface area (TPSA) is 61.4 Å². The molecule has 0 saturated heterocycles. The number of aryl methyl sites for hydroxylation is 1. The number of hydrogen-bond donors (Lipinski definition) is 3. The second kappa shape index (κ2) is 10.5. The van der Waals surface area contributed by atoms with Crippen LogP contribution in [0.2, 0.25) is 0 Å². The van der Waals surface area contributed by atoms with Crippen molar-refractivity contribution in [3.63, 3.8) is 0 Å². The first-order valence-corrected chi connectivity index (χ1v) is 8.85. The summed E-state index contributed by atoms with van der Waals surface area (Å²) in [6.45, 7) is 2.26. The Morgan fingerprint density at radius 2 is 2.05 bits per heavy atom. The van der Waals surface area contributed by atoms with Crippen LogP contribution in [0.4, 0.5) is 10.5 Å². The van der Waals surface area contributed by atoms with Gasteiger partial charge in [0.1, 0.15) is 0 Å². The molecule has 0 bridgehead atoms. The molecule has 1 aromatic carbocycles. The highest BCUT2D eigenvalue weighted by Crippen LogP contribution is 2.12. The molecule has 0 heterocycles. The molecule has 0 aliphatic carbocycles. The zero-order chi connectivity index (χ0) is 15.5. The largest absolute Gasteiger partial charge is 0.396 e. The number of rotatable bonds is 9. The van der Waals surface area contributed by atoms with E-state index in [1.807, 2.05) is 18.4 Å². The van der Waals surface area contributed by atoms with Crippen molar-refractivity contribution in [2.45, 2.75) is 38.6 Å². The maximum atomic E-state index is 11.9. The van der Waals surface area contributed by atoms with Gasteiger partial charge in [0.2, 0.25) is 0 Å². The average molecular weight is 310 g/mol. The highest BCUT2D eigenvalue weighted by Gasteiger charge is 2.11. The number of aliphatic hydroxyl groups excluding tert-OH is 1. The van der Waals surface area contributed by atoms with E-state index in [2.05, 4.69) is 29.7 Å². The minimum atomic E-state index is -0.219. The minimum Gasteiger partial charge on any atom is -0.396 e. The highest BCUT2D eigenvalue weighted by molar-refractivity contribution is 7.98. The first-order chi connectivity index (χ1) is 10.2. The van der Waals surface area contributed by atoms with E-state index in [4.69, 9.17) is 5.11 Å². The van der Waals surface area contributed by atoms with Gasteiger partial charge in [0.25, 0.3) is 0 Å². The fourth-order valence-electron chi connectivity index (χ4n) is 2.04. The second-order valence-electron chi connectivity index (χ2n) is 5.06. The molecule has 5 heteroatoms. The third-order valence-corrected chi connectivity index (χ3v) is 3.95. The van der Waals surface area contributed by atoms with Crippen molar-refractivity contribution in [3.8, 4) is 0 Å². The van der Waals surface area contributed by atoms with Crippen LogP contribution in [0.5, 0.6) is 0 Å². The Balaban J connectivity index is 2.46. The second-order valence-corrected chi connectivity index (χ2v) is 5.97. The van der Waals surface area contributed by atoms with Crippen LogP contribution in [0, 0.1) is 0 Å². The lowest BCUT2D eigenvalue weighted by Crippen LogP contribution is -2.40. The number of benzene rings is 1. The summed E-state index contributed by atoms with van der Waals surface area (Å²) in [5.41, 5.74) is 2.09. The first kappa shape index (κ1) is 17.9. The quantitative estimate of drug-likeness (QED) is 0.656. The van der Waals surface area contributed by atoms with Crippen LogP contribution in [-0.4, -0.2) is 35.8 Å². The molecule has 0 aromatic heterocycles. The van der Waals surface area contributed by atoms with Crippen LogP contribution in [-0.2, 0) is 6.42 Å². The van der Waals surface area contributed by atoms with Gasteiger partial charge in [-0.3, -0.25) is 0 Å². The van der Waals surface area contributed by atoms with Crippen LogP contribution in [0.15, 0.2) is 24.3 Å².